The van der Waals surface area contributed by atoms with E-state index in [9.17, 15) is 14.0 Å². The molecule has 1 heterocycles. The molecule has 35 heavy (non-hydrogen) atoms. The quantitative estimate of drug-likeness (QED) is 0.578. The standard InChI is InChI=1S/C28H30FNO5/c1-15(2)35-28(32)25-16(3)30-21-12-19(18-8-11-23(33-4)24(14-18)34-5)13-22(31)27(21)26(25)17-6-9-20(29)10-7-17/h6-11,14-15,19,26,30H,12-13H2,1-5H3/t19-,26-/m0/s1. The van der Waals surface area contributed by atoms with Crippen LogP contribution in [0.5, 0.6) is 11.5 Å². The molecule has 4 rings (SSSR count). The number of ketones is 1. The zero-order chi connectivity index (χ0) is 25.3. The molecule has 0 saturated heterocycles. The Bertz CT molecular complexity index is 1210. The molecule has 2 aromatic carbocycles. The van der Waals surface area contributed by atoms with Crippen LogP contribution in [0.25, 0.3) is 0 Å². The van der Waals surface area contributed by atoms with Gasteiger partial charge in [-0.15, -0.1) is 0 Å². The van der Waals surface area contributed by atoms with Crippen molar-refractivity contribution in [1.82, 2.24) is 5.32 Å². The number of allylic oxidation sites excluding steroid dienone is 3. The van der Waals surface area contributed by atoms with Crippen molar-refractivity contribution in [1.29, 1.82) is 0 Å². The average Bonchev–Trinajstić information content (AvgIpc) is 2.82. The first-order chi connectivity index (χ1) is 16.7. The molecule has 1 N–H and O–H groups in total. The van der Waals surface area contributed by atoms with Crippen LogP contribution in [-0.2, 0) is 14.3 Å². The zero-order valence-electron chi connectivity index (χ0n) is 20.6. The minimum absolute atomic E-state index is 0.0600. The molecule has 1 aliphatic carbocycles. The number of carbonyl (C=O) groups excluding carboxylic acids is 2. The lowest BCUT2D eigenvalue weighted by molar-refractivity contribution is -0.143. The molecule has 7 heteroatoms. The summed E-state index contributed by atoms with van der Waals surface area (Å²) in [6.07, 6.45) is 0.542. The lowest BCUT2D eigenvalue weighted by atomic mass is 9.71. The van der Waals surface area contributed by atoms with Gasteiger partial charge < -0.3 is 19.5 Å². The number of dihydropyridines is 1. The highest BCUT2D eigenvalue weighted by Crippen LogP contribution is 2.46. The number of esters is 1. The Morgan fingerprint density at radius 1 is 1.00 bits per heavy atom. The van der Waals surface area contributed by atoms with Crippen LogP contribution in [0.4, 0.5) is 4.39 Å². The Labute approximate surface area is 204 Å². The molecular weight excluding hydrogens is 449 g/mol. The van der Waals surface area contributed by atoms with Crippen molar-refractivity contribution in [3.63, 3.8) is 0 Å². The molecular formula is C28H30FNO5. The summed E-state index contributed by atoms with van der Waals surface area (Å²) >= 11 is 0. The molecule has 2 atom stereocenters. The van der Waals surface area contributed by atoms with Crippen molar-refractivity contribution in [3.05, 3.63) is 81.9 Å². The van der Waals surface area contributed by atoms with Gasteiger partial charge in [0.05, 0.1) is 25.9 Å². The fourth-order valence-corrected chi connectivity index (χ4v) is 4.92. The number of hydrogen-bond donors (Lipinski definition) is 1. The van der Waals surface area contributed by atoms with E-state index in [1.165, 1.54) is 12.1 Å². The molecule has 1 aliphatic heterocycles. The van der Waals surface area contributed by atoms with Crippen LogP contribution in [-0.4, -0.2) is 32.1 Å². The third-order valence-electron chi connectivity index (χ3n) is 6.47. The second kappa shape index (κ2) is 9.94. The van der Waals surface area contributed by atoms with Gasteiger partial charge in [-0.25, -0.2) is 9.18 Å². The van der Waals surface area contributed by atoms with E-state index in [1.807, 2.05) is 25.1 Å². The average molecular weight is 480 g/mol. The predicted octanol–water partition coefficient (Wildman–Crippen LogP) is 5.16. The first kappa shape index (κ1) is 24.5. The normalized spacial score (nSPS) is 19.9. The minimum atomic E-state index is -0.628. The summed E-state index contributed by atoms with van der Waals surface area (Å²) in [5.74, 6) is -0.398. The molecule has 2 aliphatic rings. The highest BCUT2D eigenvalue weighted by Gasteiger charge is 2.41. The fraction of sp³-hybridized carbons (Fsp3) is 0.357. The van der Waals surface area contributed by atoms with Gasteiger partial charge >= 0.3 is 5.97 Å². The van der Waals surface area contributed by atoms with E-state index in [0.29, 0.717) is 40.3 Å². The molecule has 0 bridgehead atoms. The molecule has 0 unspecified atom stereocenters. The smallest absolute Gasteiger partial charge is 0.337 e. The first-order valence-corrected chi connectivity index (χ1v) is 11.7. The Balaban J connectivity index is 1.77. The van der Waals surface area contributed by atoms with E-state index in [1.54, 1.807) is 40.2 Å². The lowest BCUT2D eigenvalue weighted by Gasteiger charge is -2.37. The van der Waals surface area contributed by atoms with Gasteiger partial charge in [0.2, 0.25) is 0 Å². The van der Waals surface area contributed by atoms with E-state index < -0.39 is 11.9 Å². The number of halogens is 1. The number of benzene rings is 2. The maximum atomic E-state index is 13.7. The Kier molecular flexibility index (Phi) is 6.96. The Hall–Kier alpha value is -3.61. The van der Waals surface area contributed by atoms with E-state index in [4.69, 9.17) is 14.2 Å². The number of nitrogens with one attached hydrogen (secondary N) is 1. The lowest BCUT2D eigenvalue weighted by Crippen LogP contribution is -2.36. The van der Waals surface area contributed by atoms with Gasteiger partial charge in [-0.2, -0.15) is 0 Å². The maximum Gasteiger partial charge on any atom is 0.337 e. The highest BCUT2D eigenvalue weighted by atomic mass is 19.1. The highest BCUT2D eigenvalue weighted by molar-refractivity contribution is 6.04. The monoisotopic (exact) mass is 479 g/mol. The second-order valence-electron chi connectivity index (χ2n) is 9.14. The van der Waals surface area contributed by atoms with Crippen LogP contribution < -0.4 is 14.8 Å². The number of methoxy groups -OCH3 is 2. The SMILES string of the molecule is COc1ccc([C@@H]2CC(=O)C3=C(C2)NC(C)=C(C(=O)OC(C)C)[C@@H]3c2ccc(F)cc2)cc1OC. The van der Waals surface area contributed by atoms with Gasteiger partial charge in [-0.3, -0.25) is 4.79 Å². The van der Waals surface area contributed by atoms with Crippen molar-refractivity contribution < 1.29 is 28.2 Å². The molecule has 0 aromatic heterocycles. The van der Waals surface area contributed by atoms with E-state index in [-0.39, 0.29) is 30.0 Å². The molecule has 6 nitrogen and oxygen atoms in total. The first-order valence-electron chi connectivity index (χ1n) is 11.7. The van der Waals surface area contributed by atoms with Gasteiger partial charge in [0.15, 0.2) is 17.3 Å². The van der Waals surface area contributed by atoms with Crippen molar-refractivity contribution in [2.24, 2.45) is 0 Å². The molecule has 2 aromatic rings. The number of carbonyl (C=O) groups is 2. The third kappa shape index (κ3) is 4.81. The summed E-state index contributed by atoms with van der Waals surface area (Å²) in [7, 11) is 3.16. The predicted molar refractivity (Wildman–Crippen MR) is 130 cm³/mol. The van der Waals surface area contributed by atoms with Gasteiger partial charge in [0.1, 0.15) is 5.82 Å². The van der Waals surface area contributed by atoms with E-state index in [2.05, 4.69) is 5.32 Å². The molecule has 0 saturated carbocycles. The van der Waals surface area contributed by atoms with Crippen molar-refractivity contribution in [2.75, 3.05) is 14.2 Å². The van der Waals surface area contributed by atoms with Crippen LogP contribution in [0, 0.1) is 5.82 Å². The van der Waals surface area contributed by atoms with Gasteiger partial charge in [0.25, 0.3) is 0 Å². The van der Waals surface area contributed by atoms with Crippen molar-refractivity contribution in [3.8, 4) is 11.5 Å². The van der Waals surface area contributed by atoms with Gasteiger partial charge in [-0.1, -0.05) is 18.2 Å². The molecule has 0 spiro atoms. The van der Waals surface area contributed by atoms with E-state index >= 15 is 0 Å². The summed E-state index contributed by atoms with van der Waals surface area (Å²) in [6, 6.07) is 11.6. The Morgan fingerprint density at radius 2 is 1.66 bits per heavy atom. The largest absolute Gasteiger partial charge is 0.493 e. The zero-order valence-corrected chi connectivity index (χ0v) is 20.6. The summed E-state index contributed by atoms with van der Waals surface area (Å²) in [5.41, 5.74) is 3.96. The molecule has 184 valence electrons. The number of rotatable bonds is 6. The van der Waals surface area contributed by atoms with Crippen LogP contribution in [0.2, 0.25) is 0 Å². The molecule has 0 amide bonds. The summed E-state index contributed by atoms with van der Waals surface area (Å²) in [5, 5.41) is 3.32. The minimum Gasteiger partial charge on any atom is -0.493 e. The summed E-state index contributed by atoms with van der Waals surface area (Å²) in [4.78, 5) is 26.7. The number of Topliss-reactive ketones (excluding diaryl/α,β-unsaturated/α-hetero) is 1. The number of ether oxygens (including phenoxy) is 3. The van der Waals surface area contributed by atoms with Crippen LogP contribution >= 0.6 is 0 Å². The van der Waals surface area contributed by atoms with Gasteiger partial charge in [-0.05, 0) is 68.5 Å². The van der Waals surface area contributed by atoms with E-state index in [0.717, 1.165) is 11.3 Å². The van der Waals surface area contributed by atoms with Crippen LogP contribution in [0.15, 0.2) is 65.0 Å². The summed E-state index contributed by atoms with van der Waals surface area (Å²) < 4.78 is 30.0. The van der Waals surface area contributed by atoms with Crippen LogP contribution in [0.3, 0.4) is 0 Å². The van der Waals surface area contributed by atoms with Gasteiger partial charge in [0, 0.05) is 29.3 Å². The van der Waals surface area contributed by atoms with Crippen LogP contribution in [0.1, 0.15) is 56.6 Å². The second-order valence-corrected chi connectivity index (χ2v) is 9.14. The Morgan fingerprint density at radius 3 is 2.29 bits per heavy atom. The number of hydrogen-bond acceptors (Lipinski definition) is 6. The fourth-order valence-electron chi connectivity index (χ4n) is 4.92. The summed E-state index contributed by atoms with van der Waals surface area (Å²) in [6.45, 7) is 5.37. The van der Waals surface area contributed by atoms with Crippen molar-refractivity contribution in [2.45, 2.75) is 51.6 Å². The molecule has 0 radical (unpaired) electrons. The van der Waals surface area contributed by atoms with Crippen molar-refractivity contribution >= 4 is 11.8 Å². The topological polar surface area (TPSA) is 73.9 Å². The third-order valence-corrected chi connectivity index (χ3v) is 6.47. The maximum absolute atomic E-state index is 13.7. The molecule has 0 fully saturated rings.